The minimum atomic E-state index is -0.146. The summed E-state index contributed by atoms with van der Waals surface area (Å²) in [6.07, 6.45) is 4.18. The summed E-state index contributed by atoms with van der Waals surface area (Å²) < 4.78 is 0. The van der Waals surface area contributed by atoms with E-state index >= 15 is 0 Å². The highest BCUT2D eigenvalue weighted by atomic mass is 32.1. The number of benzene rings is 1. The number of hydrogen-bond acceptors (Lipinski definition) is 4. The van der Waals surface area contributed by atoms with Crippen molar-refractivity contribution in [3.05, 3.63) is 64.6 Å². The maximum atomic E-state index is 12.4. The Morgan fingerprint density at radius 3 is 3.00 bits per heavy atom. The molecular formula is C18H19N3O2S. The standard InChI is InChI=1S/C18H19N3O2S/c22-11-14(8-13-4-7-24-12-13)10-21-18(23)16-3-1-2-15(9-16)17-19-5-6-20-17/h1-7,9,12,14,22H,8,10-11H2,(H,19,20)(H,21,23)/t14-/m0/s1. The number of hydrogen-bond donors (Lipinski definition) is 3. The van der Waals surface area contributed by atoms with Crippen LogP contribution in [0.15, 0.2) is 53.5 Å². The van der Waals surface area contributed by atoms with Gasteiger partial charge in [-0.15, -0.1) is 0 Å². The Labute approximate surface area is 144 Å². The third-order valence-electron chi connectivity index (χ3n) is 3.81. The summed E-state index contributed by atoms with van der Waals surface area (Å²) in [6.45, 7) is 0.485. The number of carbonyl (C=O) groups excluding carboxylic acids is 1. The molecule has 0 aliphatic heterocycles. The van der Waals surface area contributed by atoms with Crippen LogP contribution in [0.1, 0.15) is 15.9 Å². The lowest BCUT2D eigenvalue weighted by molar-refractivity contribution is 0.0940. The third-order valence-corrected chi connectivity index (χ3v) is 4.54. The molecule has 5 nitrogen and oxygen atoms in total. The summed E-state index contributed by atoms with van der Waals surface area (Å²) in [5, 5.41) is 16.5. The first-order valence-corrected chi connectivity index (χ1v) is 8.70. The largest absolute Gasteiger partial charge is 0.396 e. The van der Waals surface area contributed by atoms with E-state index in [1.54, 1.807) is 35.9 Å². The summed E-state index contributed by atoms with van der Waals surface area (Å²) in [7, 11) is 0. The first-order valence-electron chi connectivity index (χ1n) is 7.76. The van der Waals surface area contributed by atoms with Gasteiger partial charge >= 0.3 is 0 Å². The van der Waals surface area contributed by atoms with E-state index in [9.17, 15) is 9.90 Å². The van der Waals surface area contributed by atoms with Gasteiger partial charge in [-0.25, -0.2) is 4.98 Å². The van der Waals surface area contributed by atoms with Crippen molar-refractivity contribution in [1.82, 2.24) is 15.3 Å². The molecule has 0 unspecified atom stereocenters. The molecule has 3 N–H and O–H groups in total. The number of carbonyl (C=O) groups is 1. The van der Waals surface area contributed by atoms with Gasteiger partial charge in [-0.05, 0) is 40.9 Å². The normalized spacial score (nSPS) is 12.0. The maximum absolute atomic E-state index is 12.4. The van der Waals surface area contributed by atoms with Gasteiger partial charge in [-0.1, -0.05) is 12.1 Å². The van der Waals surface area contributed by atoms with Crippen molar-refractivity contribution in [3.8, 4) is 11.4 Å². The second kappa shape index (κ2) is 7.90. The molecule has 2 heterocycles. The number of aliphatic hydroxyl groups is 1. The zero-order valence-electron chi connectivity index (χ0n) is 13.1. The molecule has 1 amide bonds. The second-order valence-corrected chi connectivity index (χ2v) is 6.39. The first kappa shape index (κ1) is 16.4. The highest BCUT2D eigenvalue weighted by Gasteiger charge is 2.13. The molecule has 1 aromatic carbocycles. The smallest absolute Gasteiger partial charge is 0.251 e. The van der Waals surface area contributed by atoms with Gasteiger partial charge in [-0.3, -0.25) is 4.79 Å². The molecule has 3 rings (SSSR count). The maximum Gasteiger partial charge on any atom is 0.251 e. The van der Waals surface area contributed by atoms with Crippen molar-refractivity contribution < 1.29 is 9.90 Å². The van der Waals surface area contributed by atoms with Crippen molar-refractivity contribution in [2.75, 3.05) is 13.2 Å². The van der Waals surface area contributed by atoms with Gasteiger partial charge in [0.1, 0.15) is 5.82 Å². The fourth-order valence-electron chi connectivity index (χ4n) is 2.51. The van der Waals surface area contributed by atoms with Crippen LogP contribution >= 0.6 is 11.3 Å². The van der Waals surface area contributed by atoms with Gasteiger partial charge in [0.05, 0.1) is 0 Å². The van der Waals surface area contributed by atoms with Crippen LogP contribution in [-0.2, 0) is 6.42 Å². The molecule has 124 valence electrons. The van der Waals surface area contributed by atoms with Crippen LogP contribution in [0.5, 0.6) is 0 Å². The molecule has 2 aromatic heterocycles. The van der Waals surface area contributed by atoms with Crippen molar-refractivity contribution in [3.63, 3.8) is 0 Å². The number of amides is 1. The number of imidazole rings is 1. The van der Waals surface area contributed by atoms with Gasteiger partial charge in [-0.2, -0.15) is 11.3 Å². The van der Waals surface area contributed by atoms with Crippen molar-refractivity contribution in [1.29, 1.82) is 0 Å². The zero-order chi connectivity index (χ0) is 16.8. The summed E-state index contributed by atoms with van der Waals surface area (Å²) in [6, 6.07) is 9.36. The lowest BCUT2D eigenvalue weighted by atomic mass is 10.0. The predicted octanol–water partition coefficient (Wildman–Crippen LogP) is 2.72. The number of rotatable bonds is 7. The molecule has 0 radical (unpaired) electrons. The SMILES string of the molecule is O=C(NC[C@@H](CO)Cc1ccsc1)c1cccc(-c2ncc[nH]2)c1. The number of nitrogens with zero attached hydrogens (tertiary/aromatic N) is 1. The summed E-state index contributed by atoms with van der Waals surface area (Å²) in [4.78, 5) is 19.6. The Morgan fingerprint density at radius 2 is 2.29 bits per heavy atom. The van der Waals surface area contributed by atoms with E-state index in [1.807, 2.05) is 23.6 Å². The second-order valence-electron chi connectivity index (χ2n) is 5.61. The number of thiophene rings is 1. The van der Waals surface area contributed by atoms with E-state index in [2.05, 4.69) is 20.7 Å². The van der Waals surface area contributed by atoms with E-state index in [0.29, 0.717) is 12.1 Å². The minimum Gasteiger partial charge on any atom is -0.396 e. The van der Waals surface area contributed by atoms with E-state index in [-0.39, 0.29) is 18.4 Å². The quantitative estimate of drug-likeness (QED) is 0.618. The van der Waals surface area contributed by atoms with Gasteiger partial charge < -0.3 is 15.4 Å². The van der Waals surface area contributed by atoms with Crippen LogP contribution in [-0.4, -0.2) is 34.1 Å². The number of aromatic amines is 1. The number of aromatic nitrogens is 2. The van der Waals surface area contributed by atoms with Gasteiger partial charge in [0.2, 0.25) is 0 Å². The molecule has 0 fully saturated rings. The van der Waals surface area contributed by atoms with Crippen LogP contribution in [0.2, 0.25) is 0 Å². The fourth-order valence-corrected chi connectivity index (χ4v) is 3.19. The third kappa shape index (κ3) is 4.10. The zero-order valence-corrected chi connectivity index (χ0v) is 13.9. The lowest BCUT2D eigenvalue weighted by Gasteiger charge is -2.14. The van der Waals surface area contributed by atoms with E-state index in [0.717, 1.165) is 17.8 Å². The lowest BCUT2D eigenvalue weighted by Crippen LogP contribution is -2.31. The molecule has 0 saturated carbocycles. The van der Waals surface area contributed by atoms with E-state index in [4.69, 9.17) is 0 Å². The molecule has 0 saturated heterocycles. The Balaban J connectivity index is 1.61. The van der Waals surface area contributed by atoms with Gasteiger partial charge in [0.15, 0.2) is 0 Å². The Hall–Kier alpha value is -2.44. The van der Waals surface area contributed by atoms with Gasteiger partial charge in [0, 0.05) is 42.6 Å². The average molecular weight is 341 g/mol. The monoisotopic (exact) mass is 341 g/mol. The Morgan fingerprint density at radius 1 is 1.38 bits per heavy atom. The van der Waals surface area contributed by atoms with E-state index < -0.39 is 0 Å². The Bertz CT molecular complexity index is 769. The van der Waals surface area contributed by atoms with Gasteiger partial charge in [0.25, 0.3) is 5.91 Å². The van der Waals surface area contributed by atoms with Crippen molar-refractivity contribution in [2.24, 2.45) is 5.92 Å². The molecule has 6 heteroatoms. The molecule has 24 heavy (non-hydrogen) atoms. The predicted molar refractivity (Wildman–Crippen MR) is 95.0 cm³/mol. The topological polar surface area (TPSA) is 78.0 Å². The van der Waals surface area contributed by atoms with Crippen molar-refractivity contribution in [2.45, 2.75) is 6.42 Å². The number of aliphatic hydroxyl groups excluding tert-OH is 1. The molecular weight excluding hydrogens is 322 g/mol. The highest BCUT2D eigenvalue weighted by molar-refractivity contribution is 7.07. The van der Waals surface area contributed by atoms with Crippen molar-refractivity contribution >= 4 is 17.2 Å². The highest BCUT2D eigenvalue weighted by Crippen LogP contribution is 2.16. The molecule has 0 spiro atoms. The molecule has 1 atom stereocenters. The number of nitrogens with one attached hydrogen (secondary N) is 2. The average Bonchev–Trinajstić information content (AvgIpc) is 3.32. The molecule has 0 bridgehead atoms. The van der Waals surface area contributed by atoms with Crippen LogP contribution in [0, 0.1) is 5.92 Å². The molecule has 0 aliphatic carbocycles. The first-order chi connectivity index (χ1) is 11.8. The summed E-state index contributed by atoms with van der Waals surface area (Å²) >= 11 is 1.64. The van der Waals surface area contributed by atoms with Crippen LogP contribution in [0.3, 0.4) is 0 Å². The molecule has 3 aromatic rings. The summed E-state index contributed by atoms with van der Waals surface area (Å²) in [5.74, 6) is 0.597. The fraction of sp³-hybridized carbons (Fsp3) is 0.222. The summed E-state index contributed by atoms with van der Waals surface area (Å²) in [5.41, 5.74) is 2.63. The number of H-pyrrole nitrogens is 1. The van der Waals surface area contributed by atoms with Crippen LogP contribution in [0.4, 0.5) is 0 Å². The Kier molecular flexibility index (Phi) is 5.40. The molecule has 0 aliphatic rings. The van der Waals surface area contributed by atoms with Crippen LogP contribution < -0.4 is 5.32 Å². The van der Waals surface area contributed by atoms with E-state index in [1.165, 1.54) is 5.56 Å². The van der Waals surface area contributed by atoms with Crippen LogP contribution in [0.25, 0.3) is 11.4 Å². The minimum absolute atomic E-state index is 0.0109.